The lowest BCUT2D eigenvalue weighted by molar-refractivity contribution is -0.117. The van der Waals surface area contributed by atoms with Crippen LogP contribution in [-0.4, -0.2) is 42.1 Å². The van der Waals surface area contributed by atoms with Crippen LogP contribution in [0.15, 0.2) is 24.5 Å². The summed E-state index contributed by atoms with van der Waals surface area (Å²) in [4.78, 5) is 21.3. The van der Waals surface area contributed by atoms with Crippen molar-refractivity contribution in [1.29, 1.82) is 0 Å². The van der Waals surface area contributed by atoms with Crippen molar-refractivity contribution in [3.05, 3.63) is 58.1 Å². The second kappa shape index (κ2) is 8.32. The first-order chi connectivity index (χ1) is 14.8. The van der Waals surface area contributed by atoms with Gasteiger partial charge in [-0.25, -0.2) is 23.4 Å². The van der Waals surface area contributed by atoms with Gasteiger partial charge in [-0.1, -0.05) is 25.4 Å². The van der Waals surface area contributed by atoms with Crippen molar-refractivity contribution < 1.29 is 13.9 Å². The van der Waals surface area contributed by atoms with Gasteiger partial charge in [0.2, 0.25) is 0 Å². The fourth-order valence-electron chi connectivity index (χ4n) is 3.80. The maximum Gasteiger partial charge on any atom is 0.191 e. The van der Waals surface area contributed by atoms with Gasteiger partial charge in [0.05, 0.1) is 5.69 Å². The summed E-state index contributed by atoms with van der Waals surface area (Å²) in [7, 11) is 1.62. The smallest absolute Gasteiger partial charge is 0.191 e. The van der Waals surface area contributed by atoms with Crippen LogP contribution in [0.25, 0.3) is 11.3 Å². The molecular weight excluding hydrogens is 423 g/mol. The van der Waals surface area contributed by atoms with Gasteiger partial charge in [-0.2, -0.15) is 10.2 Å². The van der Waals surface area contributed by atoms with Gasteiger partial charge in [0, 0.05) is 44.0 Å². The third kappa shape index (κ3) is 4.15. The molecule has 162 valence electrons. The van der Waals surface area contributed by atoms with Gasteiger partial charge in [-0.05, 0) is 24.5 Å². The fraction of sp³-hybridized carbons (Fsp3) is 0.381. The molecule has 4 aromatic heterocycles. The molecule has 0 fully saturated rings. The molecule has 0 aliphatic rings. The summed E-state index contributed by atoms with van der Waals surface area (Å²) in [6.45, 7) is 5.73. The number of ether oxygens (including phenoxy) is 1. The molecule has 0 aromatic carbocycles. The van der Waals surface area contributed by atoms with Crippen LogP contribution >= 0.6 is 11.6 Å². The number of ketones is 1. The Kier molecular flexibility index (Phi) is 5.72. The molecule has 8 nitrogen and oxygen atoms in total. The van der Waals surface area contributed by atoms with E-state index in [-0.39, 0.29) is 36.3 Å². The fourth-order valence-corrected chi connectivity index (χ4v) is 3.97. The summed E-state index contributed by atoms with van der Waals surface area (Å²) >= 11 is 6.08. The van der Waals surface area contributed by atoms with Crippen LogP contribution in [0.1, 0.15) is 42.6 Å². The number of carbonyl (C=O) groups is 1. The maximum atomic E-state index is 14.3. The third-order valence-electron chi connectivity index (χ3n) is 5.04. The second-order valence-electron chi connectivity index (χ2n) is 7.82. The van der Waals surface area contributed by atoms with Crippen LogP contribution in [0.5, 0.6) is 0 Å². The number of rotatable bonds is 7. The number of hydrogen-bond acceptors (Lipinski definition) is 6. The zero-order valence-corrected chi connectivity index (χ0v) is 18.4. The van der Waals surface area contributed by atoms with E-state index in [4.69, 9.17) is 16.3 Å². The Morgan fingerprint density at radius 3 is 2.74 bits per heavy atom. The molecular formula is C21H22ClFN6O2. The lowest BCUT2D eigenvalue weighted by Crippen LogP contribution is -2.19. The van der Waals surface area contributed by atoms with E-state index in [1.807, 2.05) is 13.8 Å². The predicted molar refractivity (Wildman–Crippen MR) is 113 cm³/mol. The summed E-state index contributed by atoms with van der Waals surface area (Å²) in [5.74, 6) is -0.0296. The van der Waals surface area contributed by atoms with Gasteiger partial charge in [-0.15, -0.1) is 0 Å². The number of methoxy groups -OCH3 is 1. The van der Waals surface area contributed by atoms with Crippen molar-refractivity contribution in [2.45, 2.75) is 39.7 Å². The molecule has 0 unspecified atom stereocenters. The molecule has 0 aliphatic carbocycles. The number of carbonyl (C=O) groups excluding carboxylic acids is 1. The highest BCUT2D eigenvalue weighted by Gasteiger charge is 2.25. The van der Waals surface area contributed by atoms with E-state index < -0.39 is 5.82 Å². The van der Waals surface area contributed by atoms with Crippen molar-refractivity contribution in [3.8, 4) is 0 Å². The number of Topliss-reactive ketones (excluding diaryl/α,β-unsaturated/α-hetero) is 1. The summed E-state index contributed by atoms with van der Waals surface area (Å²) in [5.41, 5.74) is 2.66. The summed E-state index contributed by atoms with van der Waals surface area (Å²) < 4.78 is 23.0. The highest BCUT2D eigenvalue weighted by molar-refractivity contribution is 6.29. The van der Waals surface area contributed by atoms with Crippen molar-refractivity contribution in [3.63, 3.8) is 0 Å². The summed E-state index contributed by atoms with van der Waals surface area (Å²) in [6.07, 6.45) is 3.11. The van der Waals surface area contributed by atoms with Gasteiger partial charge in [0.1, 0.15) is 17.7 Å². The lowest BCUT2D eigenvalue weighted by atomic mass is 9.96. The standard InChI is InChI=1S/C21H22ClFN6O2/c1-11(2)20(31-4)19-14(9-24-18-8-17(22)27-29(18)19)7-15(30)5-13-6-16(23)21-25-12(3)26-28(21)10-13/h6,8-11,20H,5,7H2,1-4H3/t20-/m1/s1. The Morgan fingerprint density at radius 1 is 1.26 bits per heavy atom. The minimum atomic E-state index is -0.514. The minimum absolute atomic E-state index is 0.0441. The van der Waals surface area contributed by atoms with Gasteiger partial charge >= 0.3 is 0 Å². The van der Waals surface area contributed by atoms with Crippen molar-refractivity contribution in [2.24, 2.45) is 5.92 Å². The van der Waals surface area contributed by atoms with Crippen molar-refractivity contribution in [2.75, 3.05) is 7.11 Å². The van der Waals surface area contributed by atoms with Crippen LogP contribution in [0.2, 0.25) is 5.15 Å². The minimum Gasteiger partial charge on any atom is -0.375 e. The van der Waals surface area contributed by atoms with Gasteiger partial charge in [0.15, 0.2) is 22.3 Å². The number of aromatic nitrogens is 6. The molecule has 31 heavy (non-hydrogen) atoms. The first kappa shape index (κ1) is 21.3. The molecule has 0 N–H and O–H groups in total. The Balaban J connectivity index is 1.67. The van der Waals surface area contributed by atoms with Crippen molar-refractivity contribution >= 4 is 28.7 Å². The Hall–Kier alpha value is -2.91. The molecule has 0 amide bonds. The normalized spacial score (nSPS) is 12.9. The molecule has 0 radical (unpaired) electrons. The molecule has 1 atom stereocenters. The largest absolute Gasteiger partial charge is 0.375 e. The van der Waals surface area contributed by atoms with E-state index in [1.54, 1.807) is 37.0 Å². The number of aryl methyl sites for hydroxylation is 1. The average Bonchev–Trinajstić information content (AvgIpc) is 3.25. The van der Waals surface area contributed by atoms with Crippen molar-refractivity contribution in [1.82, 2.24) is 29.2 Å². The predicted octanol–water partition coefficient (Wildman–Crippen LogP) is 3.57. The first-order valence-electron chi connectivity index (χ1n) is 9.85. The van der Waals surface area contributed by atoms with E-state index >= 15 is 0 Å². The third-order valence-corrected chi connectivity index (χ3v) is 5.22. The maximum absolute atomic E-state index is 14.3. The topological polar surface area (TPSA) is 86.7 Å². The lowest BCUT2D eigenvalue weighted by Gasteiger charge is -2.23. The summed E-state index contributed by atoms with van der Waals surface area (Å²) in [5, 5.41) is 8.77. The quantitative estimate of drug-likeness (QED) is 0.433. The molecule has 0 saturated carbocycles. The Bertz CT molecular complexity index is 1280. The molecule has 0 aliphatic heterocycles. The van der Waals surface area contributed by atoms with E-state index in [0.29, 0.717) is 27.8 Å². The second-order valence-corrected chi connectivity index (χ2v) is 8.21. The van der Waals surface area contributed by atoms with E-state index in [2.05, 4.69) is 20.2 Å². The monoisotopic (exact) mass is 444 g/mol. The number of pyridine rings is 1. The first-order valence-corrected chi connectivity index (χ1v) is 10.2. The molecule has 0 spiro atoms. The van der Waals surface area contributed by atoms with E-state index in [0.717, 1.165) is 5.69 Å². The van der Waals surface area contributed by atoms with Crippen LogP contribution in [0.3, 0.4) is 0 Å². The zero-order valence-electron chi connectivity index (χ0n) is 17.6. The van der Waals surface area contributed by atoms with Crippen LogP contribution in [0.4, 0.5) is 4.39 Å². The molecule has 4 aromatic rings. The van der Waals surface area contributed by atoms with Gasteiger partial charge in [0.25, 0.3) is 0 Å². The molecule has 0 saturated heterocycles. The number of hydrogen-bond donors (Lipinski definition) is 0. The van der Waals surface area contributed by atoms with Crippen LogP contribution in [0, 0.1) is 18.7 Å². The van der Waals surface area contributed by atoms with E-state index in [1.165, 1.54) is 10.6 Å². The highest BCUT2D eigenvalue weighted by atomic mass is 35.5. The molecule has 0 bridgehead atoms. The van der Waals surface area contributed by atoms with Crippen LogP contribution < -0.4 is 0 Å². The number of fused-ring (bicyclic) bond motifs is 2. The molecule has 4 heterocycles. The SMILES string of the molecule is CO[C@@H](c1c(CC(=O)Cc2cc(F)c3nc(C)nn3c2)cnc2cc(Cl)nn12)C(C)C. The Morgan fingerprint density at radius 2 is 2.03 bits per heavy atom. The van der Waals surface area contributed by atoms with E-state index in [9.17, 15) is 9.18 Å². The zero-order chi connectivity index (χ0) is 22.3. The molecule has 10 heteroatoms. The Labute approximate surface area is 183 Å². The average molecular weight is 445 g/mol. The number of halogens is 2. The van der Waals surface area contributed by atoms with Crippen LogP contribution in [-0.2, 0) is 22.4 Å². The highest BCUT2D eigenvalue weighted by Crippen LogP contribution is 2.29. The number of nitrogens with zero attached hydrogens (tertiary/aromatic N) is 6. The molecule has 4 rings (SSSR count). The summed E-state index contributed by atoms with van der Waals surface area (Å²) in [6, 6.07) is 2.98. The van der Waals surface area contributed by atoms with Gasteiger partial charge < -0.3 is 4.74 Å². The van der Waals surface area contributed by atoms with Gasteiger partial charge in [-0.3, -0.25) is 4.79 Å².